The van der Waals surface area contributed by atoms with Gasteiger partial charge in [0.1, 0.15) is 11.9 Å². The molecule has 0 amide bonds. The minimum Gasteiger partial charge on any atom is -0.487 e. The molecule has 88 valence electrons. The van der Waals surface area contributed by atoms with Crippen molar-refractivity contribution in [3.63, 3.8) is 0 Å². The summed E-state index contributed by atoms with van der Waals surface area (Å²) >= 11 is 0. The molecule has 0 spiro atoms. The van der Waals surface area contributed by atoms with Gasteiger partial charge in [-0.3, -0.25) is 4.98 Å². The van der Waals surface area contributed by atoms with Crippen LogP contribution in [-0.4, -0.2) is 17.6 Å². The first-order valence-corrected chi connectivity index (χ1v) is 5.70. The number of nitrogens with one attached hydrogen (secondary N) is 1. The average Bonchev–Trinajstić information content (AvgIpc) is 2.39. The van der Waals surface area contributed by atoms with Gasteiger partial charge in [-0.15, -0.1) is 0 Å². The number of ether oxygens (including phenoxy) is 1. The minimum absolute atomic E-state index is 0.0967. The number of anilines is 1. The second kappa shape index (κ2) is 5.89. The highest BCUT2D eigenvalue weighted by atomic mass is 16.5. The Morgan fingerprint density at radius 3 is 2.71 bits per heavy atom. The Hall–Kier alpha value is -2.03. The molecule has 17 heavy (non-hydrogen) atoms. The molecule has 0 bridgehead atoms. The molecule has 1 heterocycles. The molecule has 2 aromatic rings. The quantitative estimate of drug-likeness (QED) is 0.854. The van der Waals surface area contributed by atoms with Crippen LogP contribution in [0.3, 0.4) is 0 Å². The topological polar surface area (TPSA) is 34.1 Å². The predicted octanol–water partition coefficient (Wildman–Crippen LogP) is 2.96. The molecule has 0 fully saturated rings. The third-order valence-corrected chi connectivity index (χ3v) is 2.34. The Bertz CT molecular complexity index is 430. The van der Waals surface area contributed by atoms with Crippen molar-refractivity contribution in [1.29, 1.82) is 0 Å². The van der Waals surface area contributed by atoms with Gasteiger partial charge in [-0.05, 0) is 31.2 Å². The summed E-state index contributed by atoms with van der Waals surface area (Å²) in [7, 11) is 0. The number of rotatable bonds is 5. The van der Waals surface area contributed by atoms with Crippen molar-refractivity contribution >= 4 is 5.69 Å². The molecule has 1 aromatic carbocycles. The average molecular weight is 228 g/mol. The Labute approximate surface area is 101 Å². The maximum Gasteiger partial charge on any atom is 0.138 e. The summed E-state index contributed by atoms with van der Waals surface area (Å²) in [5.41, 5.74) is 1.11. The normalized spacial score (nSPS) is 11.8. The molecule has 0 saturated heterocycles. The first-order chi connectivity index (χ1) is 8.34. The van der Waals surface area contributed by atoms with Crippen LogP contribution in [0.4, 0.5) is 5.69 Å². The van der Waals surface area contributed by atoms with Gasteiger partial charge in [0.05, 0.1) is 12.7 Å². The fourth-order valence-electron chi connectivity index (χ4n) is 1.51. The molecule has 0 aliphatic carbocycles. The highest BCUT2D eigenvalue weighted by Crippen LogP contribution is 2.10. The molecule has 0 aliphatic heterocycles. The molecule has 0 aliphatic rings. The Kier molecular flexibility index (Phi) is 3.97. The summed E-state index contributed by atoms with van der Waals surface area (Å²) in [5, 5.41) is 3.32. The lowest BCUT2D eigenvalue weighted by molar-refractivity contribution is 0.234. The third kappa shape index (κ3) is 3.79. The van der Waals surface area contributed by atoms with Gasteiger partial charge in [-0.1, -0.05) is 18.2 Å². The van der Waals surface area contributed by atoms with Gasteiger partial charge in [-0.2, -0.15) is 0 Å². The van der Waals surface area contributed by atoms with E-state index in [0.29, 0.717) is 0 Å². The molecular weight excluding hydrogens is 212 g/mol. The second-order valence-corrected chi connectivity index (χ2v) is 3.86. The van der Waals surface area contributed by atoms with E-state index in [1.54, 1.807) is 12.4 Å². The van der Waals surface area contributed by atoms with Crippen molar-refractivity contribution in [2.75, 3.05) is 11.9 Å². The van der Waals surface area contributed by atoms with Crippen LogP contribution in [0.5, 0.6) is 5.75 Å². The van der Waals surface area contributed by atoms with Crippen LogP contribution in [-0.2, 0) is 0 Å². The number of hydrogen-bond acceptors (Lipinski definition) is 3. The highest BCUT2D eigenvalue weighted by Gasteiger charge is 2.03. The molecule has 1 unspecified atom stereocenters. The number of nitrogens with zero attached hydrogens (tertiary/aromatic N) is 1. The summed E-state index contributed by atoms with van der Waals surface area (Å²) in [4.78, 5) is 4.01. The van der Waals surface area contributed by atoms with Crippen molar-refractivity contribution in [2.45, 2.75) is 13.0 Å². The van der Waals surface area contributed by atoms with Crippen LogP contribution in [0.15, 0.2) is 54.9 Å². The standard InChI is InChI=1S/C14H16N2O/c1-12(17-14-8-5-9-15-11-14)10-16-13-6-3-2-4-7-13/h2-9,11-12,16H,10H2,1H3. The van der Waals surface area contributed by atoms with E-state index in [1.165, 1.54) is 0 Å². The fraction of sp³-hybridized carbons (Fsp3) is 0.214. The maximum absolute atomic E-state index is 5.71. The maximum atomic E-state index is 5.71. The summed E-state index contributed by atoms with van der Waals surface area (Å²) in [6.07, 6.45) is 3.55. The molecule has 3 nitrogen and oxygen atoms in total. The van der Waals surface area contributed by atoms with Gasteiger partial charge in [0.2, 0.25) is 0 Å². The van der Waals surface area contributed by atoms with Gasteiger partial charge in [0.15, 0.2) is 0 Å². The van der Waals surface area contributed by atoms with Crippen molar-refractivity contribution < 1.29 is 4.74 Å². The lowest BCUT2D eigenvalue weighted by atomic mass is 10.3. The molecule has 0 saturated carbocycles. The molecule has 2 rings (SSSR count). The summed E-state index contributed by atoms with van der Waals surface area (Å²) in [5.74, 6) is 0.801. The fourth-order valence-corrected chi connectivity index (χ4v) is 1.51. The zero-order chi connectivity index (χ0) is 11.9. The number of aromatic nitrogens is 1. The first kappa shape index (κ1) is 11.5. The largest absolute Gasteiger partial charge is 0.487 e. The van der Waals surface area contributed by atoms with Gasteiger partial charge in [0, 0.05) is 11.9 Å². The van der Waals surface area contributed by atoms with E-state index in [4.69, 9.17) is 4.74 Å². The first-order valence-electron chi connectivity index (χ1n) is 5.70. The van der Waals surface area contributed by atoms with Gasteiger partial charge < -0.3 is 10.1 Å². The monoisotopic (exact) mass is 228 g/mol. The van der Waals surface area contributed by atoms with E-state index in [1.807, 2.05) is 49.4 Å². The SMILES string of the molecule is CC(CNc1ccccc1)Oc1cccnc1. The van der Waals surface area contributed by atoms with Crippen molar-refractivity contribution in [3.8, 4) is 5.75 Å². The summed E-state index contributed by atoms with van der Waals surface area (Å²) in [6, 6.07) is 13.9. The van der Waals surface area contributed by atoms with Crippen molar-refractivity contribution in [1.82, 2.24) is 4.98 Å². The molecule has 3 heteroatoms. The molecule has 1 aromatic heterocycles. The zero-order valence-corrected chi connectivity index (χ0v) is 9.84. The van der Waals surface area contributed by atoms with Crippen LogP contribution in [0.2, 0.25) is 0 Å². The van der Waals surface area contributed by atoms with Crippen LogP contribution in [0.1, 0.15) is 6.92 Å². The van der Waals surface area contributed by atoms with Crippen LogP contribution < -0.4 is 10.1 Å². The Balaban J connectivity index is 1.80. The molecule has 1 N–H and O–H groups in total. The van der Waals surface area contributed by atoms with E-state index in [0.717, 1.165) is 18.0 Å². The predicted molar refractivity (Wildman–Crippen MR) is 69.3 cm³/mol. The van der Waals surface area contributed by atoms with E-state index in [-0.39, 0.29) is 6.10 Å². The van der Waals surface area contributed by atoms with Crippen LogP contribution >= 0.6 is 0 Å². The third-order valence-electron chi connectivity index (χ3n) is 2.34. The van der Waals surface area contributed by atoms with Crippen molar-refractivity contribution in [3.05, 3.63) is 54.9 Å². The smallest absolute Gasteiger partial charge is 0.138 e. The number of hydrogen-bond donors (Lipinski definition) is 1. The second-order valence-electron chi connectivity index (χ2n) is 3.86. The lowest BCUT2D eigenvalue weighted by Crippen LogP contribution is -2.22. The number of benzene rings is 1. The zero-order valence-electron chi connectivity index (χ0n) is 9.84. The molecule has 0 radical (unpaired) electrons. The number of pyridine rings is 1. The van der Waals surface area contributed by atoms with E-state index < -0.39 is 0 Å². The summed E-state index contributed by atoms with van der Waals surface area (Å²) in [6.45, 7) is 2.79. The molecule has 1 atom stereocenters. The van der Waals surface area contributed by atoms with Crippen LogP contribution in [0.25, 0.3) is 0 Å². The van der Waals surface area contributed by atoms with Crippen molar-refractivity contribution in [2.24, 2.45) is 0 Å². The van der Waals surface area contributed by atoms with E-state index in [2.05, 4.69) is 10.3 Å². The summed E-state index contributed by atoms with van der Waals surface area (Å²) < 4.78 is 5.71. The van der Waals surface area contributed by atoms with E-state index >= 15 is 0 Å². The van der Waals surface area contributed by atoms with Gasteiger partial charge >= 0.3 is 0 Å². The van der Waals surface area contributed by atoms with Crippen LogP contribution in [0, 0.1) is 0 Å². The number of para-hydroxylation sites is 1. The minimum atomic E-state index is 0.0967. The molecular formula is C14H16N2O. The highest BCUT2D eigenvalue weighted by molar-refractivity contribution is 5.42. The van der Waals surface area contributed by atoms with E-state index in [9.17, 15) is 0 Å². The lowest BCUT2D eigenvalue weighted by Gasteiger charge is -2.15. The van der Waals surface area contributed by atoms with Gasteiger partial charge in [0.25, 0.3) is 0 Å². The Morgan fingerprint density at radius 2 is 2.00 bits per heavy atom. The van der Waals surface area contributed by atoms with Gasteiger partial charge in [-0.25, -0.2) is 0 Å². The Morgan fingerprint density at radius 1 is 1.18 bits per heavy atom.